The Labute approximate surface area is 201 Å². The zero-order valence-corrected chi connectivity index (χ0v) is 18.9. The Morgan fingerprint density at radius 3 is 2.37 bits per heavy atom. The van der Waals surface area contributed by atoms with E-state index < -0.39 is 29.9 Å². The minimum Gasteiger partial charge on any atom is -0.481 e. The van der Waals surface area contributed by atoms with Gasteiger partial charge >= 0.3 is 12.1 Å². The number of aromatic nitrogens is 2. The summed E-state index contributed by atoms with van der Waals surface area (Å²) in [6.07, 6.45) is 3.13. The Kier molecular flexibility index (Phi) is 6.22. The molecular weight excluding hydrogens is 448 g/mol. The van der Waals surface area contributed by atoms with Gasteiger partial charge in [0, 0.05) is 30.8 Å². The monoisotopic (exact) mass is 474 g/mol. The van der Waals surface area contributed by atoms with Gasteiger partial charge in [0.05, 0.1) is 12.2 Å². The van der Waals surface area contributed by atoms with Crippen molar-refractivity contribution < 1.29 is 24.2 Å². The van der Waals surface area contributed by atoms with E-state index in [9.17, 15) is 14.4 Å². The number of amides is 2. The summed E-state index contributed by atoms with van der Waals surface area (Å²) in [5.74, 6) is -1.84. The predicted octanol–water partition coefficient (Wildman–Crippen LogP) is 2.70. The van der Waals surface area contributed by atoms with Gasteiger partial charge in [0.1, 0.15) is 12.6 Å². The molecule has 0 aliphatic heterocycles. The molecule has 1 saturated carbocycles. The Bertz CT molecular complexity index is 1200. The molecule has 180 valence electrons. The van der Waals surface area contributed by atoms with Crippen molar-refractivity contribution in [2.75, 3.05) is 13.2 Å². The Hall–Kier alpha value is -4.14. The number of ether oxygens (including phenoxy) is 1. The van der Waals surface area contributed by atoms with Crippen molar-refractivity contribution in [3.63, 3.8) is 0 Å². The zero-order valence-electron chi connectivity index (χ0n) is 18.9. The number of imidazole rings is 1. The maximum atomic E-state index is 12.8. The number of H-pyrrole nitrogens is 1. The molecule has 5 rings (SSSR count). The normalized spacial score (nSPS) is 18.7. The molecular formula is C26H26N4O5. The number of aromatic amines is 1. The fraction of sp³-hybridized carbons (Fsp3) is 0.308. The third-order valence-corrected chi connectivity index (χ3v) is 6.71. The van der Waals surface area contributed by atoms with Crippen molar-refractivity contribution in [2.45, 2.75) is 24.8 Å². The van der Waals surface area contributed by atoms with E-state index in [-0.39, 0.29) is 31.4 Å². The smallest absolute Gasteiger partial charge is 0.407 e. The lowest BCUT2D eigenvalue weighted by atomic mass is 9.98. The van der Waals surface area contributed by atoms with Gasteiger partial charge in [-0.05, 0) is 34.6 Å². The number of rotatable bonds is 9. The number of hydrogen-bond acceptors (Lipinski definition) is 5. The number of aliphatic carboxylic acids is 1. The van der Waals surface area contributed by atoms with E-state index in [1.165, 1.54) is 6.33 Å². The summed E-state index contributed by atoms with van der Waals surface area (Å²) in [4.78, 5) is 43.5. The van der Waals surface area contributed by atoms with Crippen LogP contribution in [-0.2, 0) is 20.7 Å². The van der Waals surface area contributed by atoms with E-state index in [0.29, 0.717) is 12.1 Å². The molecule has 0 radical (unpaired) electrons. The average Bonchev–Trinajstić information content (AvgIpc) is 3.34. The molecule has 4 N–H and O–H groups in total. The predicted molar refractivity (Wildman–Crippen MR) is 127 cm³/mol. The van der Waals surface area contributed by atoms with Gasteiger partial charge in [0.2, 0.25) is 5.91 Å². The number of alkyl carbamates (subject to hydrolysis) is 1. The standard InChI is InChI=1S/C26H26N4O5/c31-24(28-11-15-9-21(15)25(32)33)23(10-16-12-27-14-29-16)30-26(34)35-13-22-19-7-3-1-5-17(19)18-6-2-4-8-20(18)22/h1-8,12,14-15,21-23H,9-11,13H2,(H,27,29)(H,28,31)(H,30,34)(H,32,33)/t15-,21-,23+/m1/s1. The van der Waals surface area contributed by atoms with Crippen molar-refractivity contribution in [3.05, 3.63) is 77.9 Å². The van der Waals surface area contributed by atoms with Gasteiger partial charge in [-0.1, -0.05) is 48.5 Å². The van der Waals surface area contributed by atoms with Gasteiger partial charge in [-0.15, -0.1) is 0 Å². The van der Waals surface area contributed by atoms with Crippen molar-refractivity contribution >= 4 is 18.0 Å². The molecule has 2 aliphatic rings. The third kappa shape index (κ3) is 4.89. The molecule has 0 saturated heterocycles. The number of hydrogen-bond donors (Lipinski definition) is 4. The summed E-state index contributed by atoms with van der Waals surface area (Å²) in [6, 6.07) is 15.2. The zero-order chi connectivity index (χ0) is 24.4. The summed E-state index contributed by atoms with van der Waals surface area (Å²) in [7, 11) is 0. The van der Waals surface area contributed by atoms with Crippen LogP contribution in [0.25, 0.3) is 11.1 Å². The molecule has 0 unspecified atom stereocenters. The van der Waals surface area contributed by atoms with Gasteiger partial charge in [0.15, 0.2) is 0 Å². The van der Waals surface area contributed by atoms with Gasteiger partial charge in [-0.2, -0.15) is 0 Å². The Morgan fingerprint density at radius 1 is 1.09 bits per heavy atom. The lowest BCUT2D eigenvalue weighted by Crippen LogP contribution is -2.49. The third-order valence-electron chi connectivity index (χ3n) is 6.71. The minimum atomic E-state index is -0.895. The fourth-order valence-corrected chi connectivity index (χ4v) is 4.74. The van der Waals surface area contributed by atoms with E-state index in [0.717, 1.165) is 22.3 Å². The quantitative estimate of drug-likeness (QED) is 0.377. The van der Waals surface area contributed by atoms with Crippen LogP contribution in [0, 0.1) is 11.8 Å². The van der Waals surface area contributed by atoms with E-state index in [1.807, 2.05) is 36.4 Å². The molecule has 9 heteroatoms. The Morgan fingerprint density at radius 2 is 1.77 bits per heavy atom. The summed E-state index contributed by atoms with van der Waals surface area (Å²) in [5, 5.41) is 14.5. The van der Waals surface area contributed by atoms with Crippen molar-refractivity contribution in [1.29, 1.82) is 0 Å². The van der Waals surface area contributed by atoms with E-state index >= 15 is 0 Å². The van der Waals surface area contributed by atoms with E-state index in [2.05, 4.69) is 32.7 Å². The van der Waals surface area contributed by atoms with Gasteiger partial charge in [-0.25, -0.2) is 9.78 Å². The van der Waals surface area contributed by atoms with Crippen LogP contribution in [0.2, 0.25) is 0 Å². The first-order valence-corrected chi connectivity index (χ1v) is 11.6. The molecule has 35 heavy (non-hydrogen) atoms. The second-order valence-electron chi connectivity index (χ2n) is 8.99. The lowest BCUT2D eigenvalue weighted by molar-refractivity contribution is -0.139. The second-order valence-corrected chi connectivity index (χ2v) is 8.99. The second kappa shape index (κ2) is 9.61. The van der Waals surface area contributed by atoms with Crippen molar-refractivity contribution in [2.24, 2.45) is 11.8 Å². The molecule has 0 bridgehead atoms. The van der Waals surface area contributed by atoms with Crippen LogP contribution < -0.4 is 10.6 Å². The summed E-state index contributed by atoms with van der Waals surface area (Å²) < 4.78 is 5.59. The molecule has 3 aromatic rings. The molecule has 0 spiro atoms. The highest BCUT2D eigenvalue weighted by Crippen LogP contribution is 2.44. The first-order chi connectivity index (χ1) is 17.0. The largest absolute Gasteiger partial charge is 0.481 e. The average molecular weight is 475 g/mol. The molecule has 2 amide bonds. The number of nitrogens with zero attached hydrogens (tertiary/aromatic N) is 1. The number of fused-ring (bicyclic) bond motifs is 3. The Balaban J connectivity index is 1.22. The number of carboxylic acids is 1. The van der Waals surface area contributed by atoms with Crippen LogP contribution in [0.15, 0.2) is 61.1 Å². The van der Waals surface area contributed by atoms with Crippen LogP contribution in [-0.4, -0.2) is 52.2 Å². The summed E-state index contributed by atoms with van der Waals surface area (Å²) in [6.45, 7) is 0.391. The molecule has 1 heterocycles. The van der Waals surface area contributed by atoms with Crippen molar-refractivity contribution in [1.82, 2.24) is 20.6 Å². The number of nitrogens with one attached hydrogen (secondary N) is 3. The van der Waals surface area contributed by atoms with Gasteiger partial charge in [0.25, 0.3) is 0 Å². The highest BCUT2D eigenvalue weighted by molar-refractivity contribution is 5.86. The number of carbonyl (C=O) groups excluding carboxylic acids is 2. The summed E-state index contributed by atoms with van der Waals surface area (Å²) >= 11 is 0. The maximum absolute atomic E-state index is 12.8. The summed E-state index contributed by atoms with van der Waals surface area (Å²) in [5.41, 5.74) is 5.15. The SMILES string of the molecule is O=C(N[C@@H](Cc1cnc[nH]1)C(=O)NC[C@H]1C[C@H]1C(=O)O)OCC1c2ccccc2-c2ccccc21. The van der Waals surface area contributed by atoms with Crippen LogP contribution >= 0.6 is 0 Å². The molecule has 2 aliphatic carbocycles. The van der Waals surface area contributed by atoms with Gasteiger partial charge < -0.3 is 25.5 Å². The lowest BCUT2D eigenvalue weighted by Gasteiger charge is -2.19. The fourth-order valence-electron chi connectivity index (χ4n) is 4.74. The highest BCUT2D eigenvalue weighted by atomic mass is 16.5. The van der Waals surface area contributed by atoms with E-state index in [1.54, 1.807) is 6.20 Å². The van der Waals surface area contributed by atoms with Crippen LogP contribution in [0.1, 0.15) is 29.2 Å². The van der Waals surface area contributed by atoms with E-state index in [4.69, 9.17) is 9.84 Å². The van der Waals surface area contributed by atoms with Crippen LogP contribution in [0.3, 0.4) is 0 Å². The topological polar surface area (TPSA) is 133 Å². The number of benzene rings is 2. The highest BCUT2D eigenvalue weighted by Gasteiger charge is 2.43. The first kappa shape index (κ1) is 22.6. The first-order valence-electron chi connectivity index (χ1n) is 11.6. The van der Waals surface area contributed by atoms with Crippen LogP contribution in [0.5, 0.6) is 0 Å². The van der Waals surface area contributed by atoms with Crippen LogP contribution in [0.4, 0.5) is 4.79 Å². The maximum Gasteiger partial charge on any atom is 0.407 e. The number of carbonyl (C=O) groups is 3. The molecule has 3 atom stereocenters. The molecule has 2 aromatic carbocycles. The number of carboxylic acid groups (broad SMARTS) is 1. The molecule has 1 aromatic heterocycles. The van der Waals surface area contributed by atoms with Crippen molar-refractivity contribution in [3.8, 4) is 11.1 Å². The van der Waals surface area contributed by atoms with Gasteiger partial charge in [-0.3, -0.25) is 9.59 Å². The molecule has 9 nitrogen and oxygen atoms in total. The molecule has 1 fully saturated rings. The minimum absolute atomic E-state index is 0.0845.